The number of nitrogens with one attached hydrogen (secondary N) is 1. The Hall–Kier alpha value is -2.87. The summed E-state index contributed by atoms with van der Waals surface area (Å²) >= 11 is 0. The SMILES string of the molecule is CC(=O)Nc1cccc2c1CCN(c1ccc(C#N)cn1)C2. The molecule has 110 valence electrons. The molecule has 1 aromatic heterocycles. The van der Waals surface area contributed by atoms with E-state index in [1.807, 2.05) is 18.2 Å². The van der Waals surface area contributed by atoms with Gasteiger partial charge in [0, 0.05) is 31.9 Å². The summed E-state index contributed by atoms with van der Waals surface area (Å²) < 4.78 is 0. The summed E-state index contributed by atoms with van der Waals surface area (Å²) in [6.45, 7) is 3.11. The first-order valence-corrected chi connectivity index (χ1v) is 7.17. The molecule has 2 heterocycles. The molecule has 1 aliphatic heterocycles. The average Bonchev–Trinajstić information content (AvgIpc) is 2.54. The van der Waals surface area contributed by atoms with E-state index in [1.54, 1.807) is 12.3 Å². The quantitative estimate of drug-likeness (QED) is 0.923. The Bertz CT molecular complexity index is 746. The van der Waals surface area contributed by atoms with Crippen LogP contribution in [0.15, 0.2) is 36.5 Å². The fourth-order valence-corrected chi connectivity index (χ4v) is 2.75. The van der Waals surface area contributed by atoms with Crippen LogP contribution in [0.3, 0.4) is 0 Å². The summed E-state index contributed by atoms with van der Waals surface area (Å²) in [5.74, 6) is 0.819. The van der Waals surface area contributed by atoms with Crippen molar-refractivity contribution in [2.75, 3.05) is 16.8 Å². The maximum absolute atomic E-state index is 11.3. The average molecular weight is 292 g/mol. The zero-order valence-corrected chi connectivity index (χ0v) is 12.3. The van der Waals surface area contributed by atoms with Gasteiger partial charge in [-0.15, -0.1) is 0 Å². The van der Waals surface area contributed by atoms with Gasteiger partial charge in [0.05, 0.1) is 5.56 Å². The molecule has 0 fully saturated rings. The second-order valence-electron chi connectivity index (χ2n) is 5.31. The van der Waals surface area contributed by atoms with Crippen molar-refractivity contribution in [1.82, 2.24) is 4.98 Å². The van der Waals surface area contributed by atoms with Gasteiger partial charge in [0.25, 0.3) is 0 Å². The van der Waals surface area contributed by atoms with Gasteiger partial charge in [-0.05, 0) is 35.7 Å². The highest BCUT2D eigenvalue weighted by atomic mass is 16.1. The standard InChI is InChI=1S/C17H16N4O/c1-12(22)20-16-4-2-3-14-11-21(8-7-15(14)16)17-6-5-13(9-18)10-19-17/h2-6,10H,7-8,11H2,1H3,(H,20,22). The number of carbonyl (C=O) groups is 1. The van der Waals surface area contributed by atoms with Crippen LogP contribution in [-0.4, -0.2) is 17.4 Å². The number of carbonyl (C=O) groups excluding carboxylic acids is 1. The van der Waals surface area contributed by atoms with Gasteiger partial charge in [-0.3, -0.25) is 4.79 Å². The zero-order valence-electron chi connectivity index (χ0n) is 12.3. The second-order valence-corrected chi connectivity index (χ2v) is 5.31. The third kappa shape index (κ3) is 2.77. The highest BCUT2D eigenvalue weighted by Crippen LogP contribution is 2.28. The smallest absolute Gasteiger partial charge is 0.221 e. The van der Waals surface area contributed by atoms with Crippen molar-refractivity contribution < 1.29 is 4.79 Å². The van der Waals surface area contributed by atoms with Crippen molar-refractivity contribution in [3.8, 4) is 6.07 Å². The van der Waals surface area contributed by atoms with Crippen LogP contribution in [0.4, 0.5) is 11.5 Å². The Morgan fingerprint density at radius 1 is 1.36 bits per heavy atom. The van der Waals surface area contributed by atoms with E-state index in [9.17, 15) is 4.79 Å². The molecule has 1 aliphatic rings. The number of pyridine rings is 1. The molecule has 5 nitrogen and oxygen atoms in total. The van der Waals surface area contributed by atoms with Crippen LogP contribution in [-0.2, 0) is 17.8 Å². The fourth-order valence-electron chi connectivity index (χ4n) is 2.75. The number of nitrogens with zero attached hydrogens (tertiary/aromatic N) is 3. The molecule has 0 atom stereocenters. The number of anilines is 2. The first kappa shape index (κ1) is 14.1. The molecule has 3 rings (SSSR count). The first-order valence-electron chi connectivity index (χ1n) is 7.17. The van der Waals surface area contributed by atoms with Crippen LogP contribution >= 0.6 is 0 Å². The molecule has 1 aromatic carbocycles. The third-order valence-electron chi connectivity index (χ3n) is 3.78. The Labute approximate surface area is 129 Å². The topological polar surface area (TPSA) is 69.0 Å². The van der Waals surface area contributed by atoms with Crippen molar-refractivity contribution in [3.63, 3.8) is 0 Å². The zero-order chi connectivity index (χ0) is 15.5. The Morgan fingerprint density at radius 2 is 2.23 bits per heavy atom. The Balaban J connectivity index is 1.84. The van der Waals surface area contributed by atoms with Gasteiger partial charge in [-0.25, -0.2) is 4.98 Å². The summed E-state index contributed by atoms with van der Waals surface area (Å²) in [5.41, 5.74) is 3.86. The largest absolute Gasteiger partial charge is 0.352 e. The molecule has 0 radical (unpaired) electrons. The van der Waals surface area contributed by atoms with E-state index in [1.165, 1.54) is 18.1 Å². The van der Waals surface area contributed by atoms with Gasteiger partial charge in [0.15, 0.2) is 0 Å². The molecule has 0 saturated carbocycles. The lowest BCUT2D eigenvalue weighted by Crippen LogP contribution is -2.31. The van der Waals surface area contributed by atoms with Crippen molar-refractivity contribution >= 4 is 17.4 Å². The molecule has 0 saturated heterocycles. The van der Waals surface area contributed by atoms with Crippen LogP contribution in [0.2, 0.25) is 0 Å². The van der Waals surface area contributed by atoms with Crippen molar-refractivity contribution in [1.29, 1.82) is 5.26 Å². The molecule has 0 unspecified atom stereocenters. The molecule has 22 heavy (non-hydrogen) atoms. The van der Waals surface area contributed by atoms with Crippen LogP contribution in [0.5, 0.6) is 0 Å². The lowest BCUT2D eigenvalue weighted by molar-refractivity contribution is -0.114. The minimum atomic E-state index is -0.0513. The van der Waals surface area contributed by atoms with Crippen LogP contribution < -0.4 is 10.2 Å². The van der Waals surface area contributed by atoms with E-state index in [0.717, 1.165) is 31.0 Å². The molecule has 2 aromatic rings. The minimum absolute atomic E-state index is 0.0513. The lowest BCUT2D eigenvalue weighted by Gasteiger charge is -2.31. The van der Waals surface area contributed by atoms with E-state index >= 15 is 0 Å². The third-order valence-corrected chi connectivity index (χ3v) is 3.78. The molecule has 1 amide bonds. The van der Waals surface area contributed by atoms with E-state index in [2.05, 4.69) is 27.3 Å². The number of amides is 1. The van der Waals surface area contributed by atoms with E-state index in [0.29, 0.717) is 5.56 Å². The van der Waals surface area contributed by atoms with E-state index < -0.39 is 0 Å². The Kier molecular flexibility index (Phi) is 3.75. The van der Waals surface area contributed by atoms with E-state index in [-0.39, 0.29) is 5.91 Å². The summed E-state index contributed by atoms with van der Waals surface area (Å²) in [7, 11) is 0. The minimum Gasteiger partial charge on any atom is -0.352 e. The van der Waals surface area contributed by atoms with Crippen LogP contribution in [0.1, 0.15) is 23.6 Å². The lowest BCUT2D eigenvalue weighted by atomic mass is 9.97. The van der Waals surface area contributed by atoms with Crippen molar-refractivity contribution in [2.24, 2.45) is 0 Å². The van der Waals surface area contributed by atoms with Gasteiger partial charge < -0.3 is 10.2 Å². The molecule has 5 heteroatoms. The summed E-state index contributed by atoms with van der Waals surface area (Å²) in [4.78, 5) is 17.8. The van der Waals surface area contributed by atoms with Crippen molar-refractivity contribution in [2.45, 2.75) is 19.9 Å². The number of benzene rings is 1. The van der Waals surface area contributed by atoms with Gasteiger partial charge in [0.1, 0.15) is 11.9 Å². The summed E-state index contributed by atoms with van der Waals surface area (Å²) in [5, 5.41) is 11.7. The van der Waals surface area contributed by atoms with Gasteiger partial charge >= 0.3 is 0 Å². The van der Waals surface area contributed by atoms with Gasteiger partial charge in [0.2, 0.25) is 5.91 Å². The van der Waals surface area contributed by atoms with Crippen molar-refractivity contribution in [3.05, 3.63) is 53.2 Å². The van der Waals surface area contributed by atoms with E-state index in [4.69, 9.17) is 5.26 Å². The predicted octanol–water partition coefficient (Wildman–Crippen LogP) is 2.47. The number of fused-ring (bicyclic) bond motifs is 1. The summed E-state index contributed by atoms with van der Waals surface area (Å²) in [6, 6.07) is 11.7. The number of rotatable bonds is 2. The highest BCUT2D eigenvalue weighted by molar-refractivity contribution is 5.89. The number of hydrogen-bond acceptors (Lipinski definition) is 4. The highest BCUT2D eigenvalue weighted by Gasteiger charge is 2.20. The maximum atomic E-state index is 11.3. The Morgan fingerprint density at radius 3 is 2.91 bits per heavy atom. The molecule has 1 N–H and O–H groups in total. The summed E-state index contributed by atoms with van der Waals surface area (Å²) in [6.07, 6.45) is 2.45. The second kappa shape index (κ2) is 5.86. The monoisotopic (exact) mass is 292 g/mol. The molecule has 0 bridgehead atoms. The molecular formula is C17H16N4O. The maximum Gasteiger partial charge on any atom is 0.221 e. The van der Waals surface area contributed by atoms with Crippen LogP contribution in [0, 0.1) is 11.3 Å². The number of nitriles is 1. The number of hydrogen-bond donors (Lipinski definition) is 1. The van der Waals surface area contributed by atoms with Crippen LogP contribution in [0.25, 0.3) is 0 Å². The normalized spacial score (nSPS) is 13.2. The fraction of sp³-hybridized carbons (Fsp3) is 0.235. The van der Waals surface area contributed by atoms with Gasteiger partial charge in [-0.2, -0.15) is 5.26 Å². The molecular weight excluding hydrogens is 276 g/mol. The first-order chi connectivity index (χ1) is 10.7. The molecule has 0 spiro atoms. The predicted molar refractivity (Wildman–Crippen MR) is 84.5 cm³/mol. The number of aromatic nitrogens is 1. The molecule has 0 aliphatic carbocycles. The van der Waals surface area contributed by atoms with Gasteiger partial charge in [-0.1, -0.05) is 12.1 Å².